The molecule has 1 unspecified atom stereocenters. The van der Waals surface area contributed by atoms with Crippen molar-refractivity contribution < 1.29 is 9.53 Å². The van der Waals surface area contributed by atoms with Crippen LogP contribution in [0, 0.1) is 17.8 Å². The zero-order valence-electron chi connectivity index (χ0n) is 17.6. The van der Waals surface area contributed by atoms with E-state index in [0.29, 0.717) is 6.54 Å². The lowest BCUT2D eigenvalue weighted by Crippen LogP contribution is -2.60. The minimum atomic E-state index is -0.0351. The van der Waals surface area contributed by atoms with Gasteiger partial charge >= 0.3 is 0 Å². The molecule has 2 aromatic carbocycles. The van der Waals surface area contributed by atoms with Crippen LogP contribution in [0.3, 0.4) is 0 Å². The van der Waals surface area contributed by atoms with Gasteiger partial charge in [-0.2, -0.15) is 0 Å². The average Bonchev–Trinajstić information content (AvgIpc) is 2.99. The van der Waals surface area contributed by atoms with Crippen molar-refractivity contribution >= 4 is 5.91 Å². The van der Waals surface area contributed by atoms with Crippen LogP contribution in [-0.2, 0) is 6.54 Å². The molecule has 4 nitrogen and oxygen atoms in total. The second-order valence-electron chi connectivity index (χ2n) is 10.1. The maximum absolute atomic E-state index is 13.4. The van der Waals surface area contributed by atoms with Gasteiger partial charge in [-0.3, -0.25) is 10.1 Å². The molecule has 4 aliphatic carbocycles. The fourth-order valence-corrected chi connectivity index (χ4v) is 7.19. The Morgan fingerprint density at radius 2 is 1.60 bits per heavy atom. The van der Waals surface area contributed by atoms with Gasteiger partial charge in [0.1, 0.15) is 11.9 Å². The number of ether oxygens (including phenoxy) is 1. The lowest BCUT2D eigenvalue weighted by molar-refractivity contribution is -0.0362. The minimum Gasteiger partial charge on any atom is -0.497 e. The fourth-order valence-electron chi connectivity index (χ4n) is 7.19. The Hall–Kier alpha value is -2.33. The largest absolute Gasteiger partial charge is 0.497 e. The summed E-state index contributed by atoms with van der Waals surface area (Å²) in [5, 5.41) is 4.08. The number of methoxy groups -OCH3 is 1. The van der Waals surface area contributed by atoms with E-state index in [-0.39, 0.29) is 17.6 Å². The van der Waals surface area contributed by atoms with E-state index in [2.05, 4.69) is 29.6 Å². The van der Waals surface area contributed by atoms with E-state index in [1.807, 2.05) is 29.2 Å². The Bertz CT molecular complexity index is 932. The number of fused-ring (bicyclic) bond motifs is 1. The fraction of sp³-hybridized carbons (Fsp3) is 0.500. The van der Waals surface area contributed by atoms with Gasteiger partial charge in [-0.25, -0.2) is 0 Å². The molecule has 1 heterocycles. The summed E-state index contributed by atoms with van der Waals surface area (Å²) in [5.41, 5.74) is 3.34. The van der Waals surface area contributed by atoms with Crippen LogP contribution in [0.25, 0.3) is 0 Å². The Morgan fingerprint density at radius 3 is 2.23 bits per heavy atom. The summed E-state index contributed by atoms with van der Waals surface area (Å²) in [7, 11) is 1.68. The van der Waals surface area contributed by atoms with Crippen molar-refractivity contribution in [2.45, 2.75) is 56.8 Å². The van der Waals surface area contributed by atoms with E-state index in [9.17, 15) is 4.79 Å². The standard InChI is InChI=1S/C26H30N2O2/c1-30-21-8-6-17(7-9-21)16-28-24(22-4-2-3-5-23(22)25(28)29)27-26-13-18-10-19(14-26)12-20(11-18)15-26/h2-9,18-20,24,27H,10-16H2,1H3. The first-order valence-corrected chi connectivity index (χ1v) is 11.4. The number of hydrogen-bond acceptors (Lipinski definition) is 3. The molecule has 4 saturated carbocycles. The van der Waals surface area contributed by atoms with Gasteiger partial charge in [0, 0.05) is 23.2 Å². The maximum Gasteiger partial charge on any atom is 0.256 e. The molecule has 1 atom stereocenters. The van der Waals surface area contributed by atoms with Gasteiger partial charge in [0.15, 0.2) is 0 Å². The number of nitrogens with zero attached hydrogens (tertiary/aromatic N) is 1. The van der Waals surface area contributed by atoms with E-state index >= 15 is 0 Å². The molecule has 0 aromatic heterocycles. The van der Waals surface area contributed by atoms with Crippen LogP contribution < -0.4 is 10.1 Å². The summed E-state index contributed by atoms with van der Waals surface area (Å²) in [6.45, 7) is 0.613. The zero-order chi connectivity index (χ0) is 20.3. The Labute approximate surface area is 178 Å². The first-order chi connectivity index (χ1) is 14.6. The SMILES string of the molecule is COc1ccc(CN2C(=O)c3ccccc3C2NC23CC4CC(CC(C4)C2)C3)cc1. The third-order valence-corrected chi connectivity index (χ3v) is 8.05. The van der Waals surface area contributed by atoms with E-state index in [0.717, 1.165) is 40.2 Å². The molecule has 4 heteroatoms. The van der Waals surface area contributed by atoms with E-state index in [4.69, 9.17) is 4.74 Å². The molecule has 2 aromatic rings. The summed E-state index contributed by atoms with van der Waals surface area (Å²) in [5.74, 6) is 3.63. The Morgan fingerprint density at radius 1 is 0.967 bits per heavy atom. The van der Waals surface area contributed by atoms with Crippen LogP contribution in [0.15, 0.2) is 48.5 Å². The van der Waals surface area contributed by atoms with Crippen LogP contribution >= 0.6 is 0 Å². The topological polar surface area (TPSA) is 41.6 Å². The van der Waals surface area contributed by atoms with E-state index in [1.165, 1.54) is 38.5 Å². The van der Waals surface area contributed by atoms with Gasteiger partial charge in [0.25, 0.3) is 5.91 Å². The molecule has 1 aliphatic heterocycles. The van der Waals surface area contributed by atoms with Gasteiger partial charge in [-0.05, 0) is 80.0 Å². The van der Waals surface area contributed by atoms with Gasteiger partial charge < -0.3 is 9.64 Å². The van der Waals surface area contributed by atoms with Gasteiger partial charge in [0.05, 0.1) is 7.11 Å². The number of hydrogen-bond donors (Lipinski definition) is 1. The molecule has 0 radical (unpaired) electrons. The van der Waals surface area contributed by atoms with Crippen molar-refractivity contribution in [2.24, 2.45) is 17.8 Å². The third kappa shape index (κ3) is 2.96. The number of carbonyl (C=O) groups is 1. The predicted octanol–water partition coefficient (Wildman–Crippen LogP) is 4.91. The van der Waals surface area contributed by atoms with Crippen LogP contribution in [0.2, 0.25) is 0 Å². The van der Waals surface area contributed by atoms with Crippen molar-refractivity contribution in [2.75, 3.05) is 7.11 Å². The molecule has 7 rings (SSSR count). The van der Waals surface area contributed by atoms with Gasteiger partial charge in [0.2, 0.25) is 0 Å². The van der Waals surface area contributed by atoms with Crippen molar-refractivity contribution in [1.29, 1.82) is 0 Å². The highest BCUT2D eigenvalue weighted by molar-refractivity contribution is 5.99. The molecular weight excluding hydrogens is 372 g/mol. The van der Waals surface area contributed by atoms with Gasteiger partial charge in [-0.1, -0.05) is 30.3 Å². The number of benzene rings is 2. The highest BCUT2D eigenvalue weighted by Crippen LogP contribution is 2.56. The normalized spacial score (nSPS) is 33.8. The first kappa shape index (κ1) is 18.4. The Kier molecular flexibility index (Phi) is 4.21. The summed E-state index contributed by atoms with van der Waals surface area (Å²) in [6, 6.07) is 16.3. The summed E-state index contributed by atoms with van der Waals surface area (Å²) in [6.07, 6.45) is 8.09. The van der Waals surface area contributed by atoms with Crippen LogP contribution in [-0.4, -0.2) is 23.5 Å². The molecule has 30 heavy (non-hydrogen) atoms. The van der Waals surface area contributed by atoms with Crippen LogP contribution in [0.1, 0.15) is 66.2 Å². The monoisotopic (exact) mass is 402 g/mol. The molecule has 156 valence electrons. The van der Waals surface area contributed by atoms with E-state index < -0.39 is 0 Å². The smallest absolute Gasteiger partial charge is 0.256 e. The molecule has 5 aliphatic rings. The third-order valence-electron chi connectivity index (χ3n) is 8.05. The quantitative estimate of drug-likeness (QED) is 0.773. The van der Waals surface area contributed by atoms with Crippen LogP contribution in [0.5, 0.6) is 5.75 Å². The molecule has 0 spiro atoms. The lowest BCUT2D eigenvalue weighted by atomic mass is 9.53. The predicted molar refractivity (Wildman–Crippen MR) is 116 cm³/mol. The van der Waals surface area contributed by atoms with Crippen molar-refractivity contribution in [3.8, 4) is 5.75 Å². The summed E-state index contributed by atoms with van der Waals surface area (Å²) >= 11 is 0. The van der Waals surface area contributed by atoms with E-state index in [1.54, 1.807) is 7.11 Å². The summed E-state index contributed by atoms with van der Waals surface area (Å²) < 4.78 is 5.30. The van der Waals surface area contributed by atoms with Crippen molar-refractivity contribution in [3.05, 3.63) is 65.2 Å². The molecule has 1 N–H and O–H groups in total. The molecule has 4 fully saturated rings. The number of rotatable bonds is 5. The number of carbonyl (C=O) groups excluding carboxylic acids is 1. The highest BCUT2D eigenvalue weighted by atomic mass is 16.5. The van der Waals surface area contributed by atoms with Crippen molar-refractivity contribution in [3.63, 3.8) is 0 Å². The molecule has 1 amide bonds. The molecule has 0 saturated heterocycles. The molecule has 4 bridgehead atoms. The van der Waals surface area contributed by atoms with Crippen LogP contribution in [0.4, 0.5) is 0 Å². The maximum atomic E-state index is 13.4. The number of amides is 1. The van der Waals surface area contributed by atoms with Crippen molar-refractivity contribution in [1.82, 2.24) is 10.2 Å². The molecular formula is C26H30N2O2. The second kappa shape index (κ2) is 6.84. The minimum absolute atomic E-state index is 0.0351. The average molecular weight is 403 g/mol. The second-order valence-corrected chi connectivity index (χ2v) is 10.1. The summed E-state index contributed by atoms with van der Waals surface area (Å²) in [4.78, 5) is 15.4. The zero-order valence-corrected chi connectivity index (χ0v) is 17.6. The lowest BCUT2D eigenvalue weighted by Gasteiger charge is -2.58. The number of nitrogens with one attached hydrogen (secondary N) is 1. The highest BCUT2D eigenvalue weighted by Gasteiger charge is 2.53. The van der Waals surface area contributed by atoms with Gasteiger partial charge in [-0.15, -0.1) is 0 Å². The first-order valence-electron chi connectivity index (χ1n) is 11.4. The Balaban J connectivity index is 1.32.